The van der Waals surface area contributed by atoms with Gasteiger partial charge in [0, 0.05) is 81.0 Å². The van der Waals surface area contributed by atoms with Crippen LogP contribution in [0.25, 0.3) is 0 Å². The number of ether oxygens (including phenoxy) is 1. The largest absolute Gasteiger partial charge is 0.393 e. The van der Waals surface area contributed by atoms with Gasteiger partial charge < -0.3 is 64.8 Å². The lowest BCUT2D eigenvalue weighted by atomic mass is 9.78. The molecule has 1 spiro atoms. The highest BCUT2D eigenvalue weighted by atomic mass is 35.5. The van der Waals surface area contributed by atoms with Gasteiger partial charge in [0.25, 0.3) is 0 Å². The van der Waals surface area contributed by atoms with E-state index >= 15 is 28.8 Å². The maximum Gasteiger partial charge on any atom is 0.393 e. The molecule has 10 atom stereocenters. The van der Waals surface area contributed by atoms with Crippen LogP contribution in [-0.4, -0.2) is 276 Å². The highest BCUT2D eigenvalue weighted by molar-refractivity contribution is 6.21. The molecule has 3 unspecified atom stereocenters. The summed E-state index contributed by atoms with van der Waals surface area (Å²) < 4.78 is 47.9. The van der Waals surface area contributed by atoms with Gasteiger partial charge in [-0.05, 0) is 133 Å². The van der Waals surface area contributed by atoms with Crippen molar-refractivity contribution in [2.75, 3.05) is 102 Å². The van der Waals surface area contributed by atoms with E-state index in [0.29, 0.717) is 64.5 Å². The maximum atomic E-state index is 15.8. The third-order valence-corrected chi connectivity index (χ3v) is 23.4. The lowest BCUT2D eigenvalue weighted by Crippen LogP contribution is -2.65. The molecule has 7 aliphatic rings. The Morgan fingerprint density at radius 1 is 0.588 bits per heavy atom. The Bertz CT molecular complexity index is 2920. The van der Waals surface area contributed by atoms with Gasteiger partial charge in [-0.3, -0.25) is 57.5 Å². The number of fused-ring (bicyclic) bond motifs is 1. The van der Waals surface area contributed by atoms with Gasteiger partial charge in [0.2, 0.25) is 70.9 Å². The van der Waals surface area contributed by atoms with Crippen LogP contribution in [0, 0.1) is 29.6 Å². The van der Waals surface area contributed by atoms with Gasteiger partial charge in [0.15, 0.2) is 0 Å². The highest BCUT2D eigenvalue weighted by Gasteiger charge is 2.52. The third kappa shape index (κ3) is 21.7. The molecule has 0 aromatic heterocycles. The van der Waals surface area contributed by atoms with E-state index in [1.54, 1.807) is 4.90 Å². The maximum absolute atomic E-state index is 15.8. The van der Waals surface area contributed by atoms with Gasteiger partial charge in [0.1, 0.15) is 47.8 Å². The first-order chi connectivity index (χ1) is 48.3. The summed E-state index contributed by atoms with van der Waals surface area (Å²) >= 11 is 6.41. The number of hydrogen-bond acceptors (Lipinski definition) is 13. The minimum absolute atomic E-state index is 0.000219. The third-order valence-electron chi connectivity index (χ3n) is 22.9. The zero-order valence-corrected chi connectivity index (χ0v) is 63.1. The second-order valence-electron chi connectivity index (χ2n) is 31.0. The predicted molar refractivity (Wildman–Crippen MR) is 376 cm³/mol. The van der Waals surface area contributed by atoms with Crippen LogP contribution in [0.3, 0.4) is 0 Å². The molecule has 3 aliphatic heterocycles. The lowest BCUT2D eigenvalue weighted by Gasteiger charge is -2.43. The molecular weight excluding hydrogens is 1350 g/mol. The van der Waals surface area contributed by atoms with Crippen LogP contribution in [0.15, 0.2) is 0 Å². The van der Waals surface area contributed by atoms with Crippen LogP contribution in [0.1, 0.15) is 201 Å². The normalized spacial score (nSPS) is 29.4. The van der Waals surface area contributed by atoms with Crippen molar-refractivity contribution in [3.05, 3.63) is 0 Å². The fourth-order valence-corrected chi connectivity index (χ4v) is 17.2. The fraction of sp³-hybridized carbons (Fsp3) is 0.836. The number of rotatable bonds is 13. The Labute approximate surface area is 606 Å². The van der Waals surface area contributed by atoms with Crippen molar-refractivity contribution in [3.8, 4) is 0 Å². The summed E-state index contributed by atoms with van der Waals surface area (Å²) in [5.41, 5.74) is -1.56. The number of carbonyl (C=O) groups excluding carboxylic acids is 12. The second kappa shape index (κ2) is 38.1. The zero-order valence-electron chi connectivity index (χ0n) is 62.3. The van der Waals surface area contributed by atoms with Gasteiger partial charge in [0.05, 0.1) is 38.6 Å². The van der Waals surface area contributed by atoms with E-state index in [4.69, 9.17) is 16.3 Å². The summed E-state index contributed by atoms with van der Waals surface area (Å²) in [4.78, 5) is 191. The molecule has 25 nitrogen and oxygen atoms in total. The Morgan fingerprint density at radius 2 is 1.20 bits per heavy atom. The average Bonchev–Trinajstić information content (AvgIpc) is 1.49. The number of piperidine rings is 1. The zero-order chi connectivity index (χ0) is 74.9. The molecular formula is C73H118ClF3N12O13. The van der Waals surface area contributed by atoms with Crippen molar-refractivity contribution in [1.29, 1.82) is 0 Å². The van der Waals surface area contributed by atoms with Gasteiger partial charge in [-0.2, -0.15) is 13.2 Å². The SMILES string of the molecule is CCCOC[C@@H]1NC(=O)[C@H](CC(C)C)N(C)C(=O)C[C@@H](C(=O)N2CCCCC2)N(C)C(=O)[C@H](C2CCCCC2)N(C)C(=O)C2(CCCC2)NC(=O)[C@@H]2CCCN2C(=O)[C@H](CCC2CCC(C(F)(F)F)C(Cl)C2)NC(=O)CN(C)C(=O)[C@H](CC2CCCCC2)N(C)C(=O)CN(C)C(=O)CN(C)C1=O. The number of halogens is 4. The molecule has 3 N–H and O–H groups in total. The summed E-state index contributed by atoms with van der Waals surface area (Å²) in [6.07, 6.45) is 7.93. The molecule has 0 bridgehead atoms. The standard InChI is InChI=1S/C73H118ClF3N12O13/c1-11-38-102-46-54-66(96)83(6)44-61(92)81(4)45-62(93)85(8)57(41-48-24-15-12-16-25-48)68(98)82(5)43-59(90)78-53(32-30-49-29-31-51(52(74)40-49)73(75,76)77)67(97)89-37-23-28-55(89)65(95)80-72(33-19-20-34-72)71(101)87(10)63(50-26-17-13-18-27-50)70(100)86(9)58(69(99)88-35-21-14-22-36-88)42-60(91)84(7)56(39-47(2)3)64(94)79-54/h47-58,63H,11-46H2,1-10H3,(H,78,90)(H,79,94)(H,80,95)/t49?,51?,52?,53-,54-,55-,56-,57-,58-,63-/m0/s1. The molecule has 0 radical (unpaired) electrons. The van der Waals surface area contributed by atoms with Crippen LogP contribution < -0.4 is 16.0 Å². The first kappa shape index (κ1) is 83.0. The minimum Gasteiger partial charge on any atom is -0.379 e. The quantitative estimate of drug-likeness (QED) is 0.144. The van der Waals surface area contributed by atoms with Gasteiger partial charge >= 0.3 is 6.18 Å². The predicted octanol–water partition coefficient (Wildman–Crippen LogP) is 5.87. The molecule has 7 fully saturated rings. The van der Waals surface area contributed by atoms with Crippen molar-refractivity contribution in [2.45, 2.75) is 260 Å². The molecule has 4 saturated carbocycles. The Morgan fingerprint density at radius 3 is 1.81 bits per heavy atom. The van der Waals surface area contributed by atoms with Crippen LogP contribution in [0.4, 0.5) is 13.2 Å². The van der Waals surface area contributed by atoms with E-state index < -0.39 is 168 Å². The Kier molecular flexibility index (Phi) is 31.0. The summed E-state index contributed by atoms with van der Waals surface area (Å²) in [5, 5.41) is 7.52. The first-order valence-electron chi connectivity index (χ1n) is 37.9. The molecule has 3 heterocycles. The topological polar surface area (TPSA) is 279 Å². The Hall–Kier alpha value is -6.32. The van der Waals surface area contributed by atoms with Crippen molar-refractivity contribution in [1.82, 2.24) is 60.0 Å². The van der Waals surface area contributed by atoms with Crippen LogP contribution in [0.2, 0.25) is 0 Å². The number of likely N-dealkylation sites (N-methyl/N-ethyl adjacent to an activating group) is 7. The van der Waals surface area contributed by atoms with Crippen molar-refractivity contribution in [3.63, 3.8) is 0 Å². The van der Waals surface area contributed by atoms with E-state index in [0.717, 1.165) is 72.5 Å². The first-order valence-corrected chi connectivity index (χ1v) is 38.3. The van der Waals surface area contributed by atoms with Crippen molar-refractivity contribution >= 4 is 82.5 Å². The van der Waals surface area contributed by atoms with E-state index in [9.17, 15) is 41.9 Å². The van der Waals surface area contributed by atoms with E-state index in [2.05, 4.69) is 16.0 Å². The number of amides is 12. The second-order valence-corrected chi connectivity index (χ2v) is 31.6. The van der Waals surface area contributed by atoms with Crippen LogP contribution >= 0.6 is 11.6 Å². The number of carbonyl (C=O) groups is 12. The molecule has 3 saturated heterocycles. The van der Waals surface area contributed by atoms with E-state index in [1.807, 2.05) is 20.8 Å². The van der Waals surface area contributed by atoms with E-state index in [1.165, 1.54) is 73.8 Å². The van der Waals surface area contributed by atoms with Crippen molar-refractivity contribution < 1.29 is 75.4 Å². The number of nitrogens with one attached hydrogen (secondary N) is 3. The fourth-order valence-electron chi connectivity index (χ4n) is 16.7. The number of hydrogen-bond donors (Lipinski definition) is 3. The van der Waals surface area contributed by atoms with E-state index in [-0.39, 0.29) is 102 Å². The number of likely N-dealkylation sites (tertiary alicyclic amines) is 1. The summed E-state index contributed by atoms with van der Waals surface area (Å²) in [5.74, 6) is -10.3. The monoisotopic (exact) mass is 1460 g/mol. The molecule has 29 heteroatoms. The average molecular weight is 1460 g/mol. The summed E-state index contributed by atoms with van der Waals surface area (Å²) in [6, 6.07) is -8.79. The molecule has 12 amide bonds. The number of alkyl halides is 4. The molecule has 576 valence electrons. The number of nitrogens with zero attached hydrogens (tertiary/aromatic N) is 9. The molecule has 0 aromatic carbocycles. The lowest BCUT2D eigenvalue weighted by molar-refractivity contribution is -0.182. The summed E-state index contributed by atoms with van der Waals surface area (Å²) in [7, 11) is 10.00. The molecule has 4 aliphatic carbocycles. The summed E-state index contributed by atoms with van der Waals surface area (Å²) in [6.45, 7) is 4.61. The molecule has 0 aromatic rings. The van der Waals surface area contributed by atoms with Gasteiger partial charge in [-0.15, -0.1) is 11.6 Å². The van der Waals surface area contributed by atoms with Gasteiger partial charge in [-0.1, -0.05) is 85.0 Å². The minimum atomic E-state index is -4.51. The highest BCUT2D eigenvalue weighted by Crippen LogP contribution is 2.44. The molecule has 102 heavy (non-hydrogen) atoms. The van der Waals surface area contributed by atoms with Crippen molar-refractivity contribution in [2.24, 2.45) is 29.6 Å². The Balaban J connectivity index is 1.28. The van der Waals surface area contributed by atoms with Gasteiger partial charge in [-0.25, -0.2) is 0 Å². The van der Waals surface area contributed by atoms with Crippen LogP contribution in [-0.2, 0) is 62.3 Å². The molecule has 7 rings (SSSR count). The smallest absolute Gasteiger partial charge is 0.379 e. The van der Waals surface area contributed by atoms with Crippen LogP contribution in [0.5, 0.6) is 0 Å².